The van der Waals surface area contributed by atoms with Crippen LogP contribution in [0.5, 0.6) is 0 Å². The second-order valence-electron chi connectivity index (χ2n) is 6.14. The molecule has 120 valence electrons. The van der Waals surface area contributed by atoms with Gasteiger partial charge in [-0.2, -0.15) is 5.10 Å². The number of aryl methyl sites for hydroxylation is 2. The maximum absolute atomic E-state index is 4.75. The molecule has 1 aliphatic rings. The van der Waals surface area contributed by atoms with Crippen molar-refractivity contribution in [1.29, 1.82) is 0 Å². The standard InChI is InChI=1S/C17H30BrN3/c1-4-14-17(18)16(21(6-3)20-14)12-15(19-5-2)13-10-8-7-9-11-13/h13,15,19H,4-12H2,1-3H3. The molecule has 1 atom stereocenters. The minimum Gasteiger partial charge on any atom is -0.314 e. The van der Waals surface area contributed by atoms with Crippen molar-refractivity contribution in [2.75, 3.05) is 6.54 Å². The van der Waals surface area contributed by atoms with Crippen LogP contribution in [-0.2, 0) is 19.4 Å². The first-order valence-corrected chi connectivity index (χ1v) is 9.47. The Morgan fingerprint density at radius 2 is 1.95 bits per heavy atom. The summed E-state index contributed by atoms with van der Waals surface area (Å²) < 4.78 is 3.43. The molecule has 1 unspecified atom stereocenters. The van der Waals surface area contributed by atoms with E-state index in [9.17, 15) is 0 Å². The van der Waals surface area contributed by atoms with E-state index in [2.05, 4.69) is 46.7 Å². The molecule has 1 aromatic heterocycles. The third kappa shape index (κ3) is 4.10. The Labute approximate surface area is 138 Å². The molecule has 1 aromatic rings. The first kappa shape index (κ1) is 17.0. The normalized spacial score (nSPS) is 18.1. The summed E-state index contributed by atoms with van der Waals surface area (Å²) in [5.74, 6) is 0.830. The van der Waals surface area contributed by atoms with Gasteiger partial charge in [0.2, 0.25) is 0 Å². The lowest BCUT2D eigenvalue weighted by Crippen LogP contribution is -2.39. The van der Waals surface area contributed by atoms with Crippen LogP contribution in [0.25, 0.3) is 0 Å². The van der Waals surface area contributed by atoms with Crippen LogP contribution in [0.15, 0.2) is 4.47 Å². The summed E-state index contributed by atoms with van der Waals surface area (Å²) in [6.45, 7) is 8.60. The summed E-state index contributed by atoms with van der Waals surface area (Å²) >= 11 is 3.80. The molecule has 1 heterocycles. The lowest BCUT2D eigenvalue weighted by Gasteiger charge is -2.31. The summed E-state index contributed by atoms with van der Waals surface area (Å²) in [5, 5.41) is 8.49. The number of nitrogens with one attached hydrogen (secondary N) is 1. The highest BCUT2D eigenvalue weighted by atomic mass is 79.9. The molecule has 0 spiro atoms. The van der Waals surface area contributed by atoms with Gasteiger partial charge in [0.05, 0.1) is 15.9 Å². The van der Waals surface area contributed by atoms with Gasteiger partial charge in [-0.05, 0) is 54.6 Å². The van der Waals surface area contributed by atoms with Gasteiger partial charge in [-0.1, -0.05) is 33.1 Å². The minimum atomic E-state index is 0.596. The highest BCUT2D eigenvalue weighted by Crippen LogP contribution is 2.30. The summed E-state index contributed by atoms with van der Waals surface area (Å²) in [7, 11) is 0. The number of likely N-dealkylation sites (N-methyl/N-ethyl adjacent to an activating group) is 1. The zero-order chi connectivity index (χ0) is 15.2. The molecule has 1 N–H and O–H groups in total. The summed E-state index contributed by atoms with van der Waals surface area (Å²) in [4.78, 5) is 0. The van der Waals surface area contributed by atoms with E-state index in [0.717, 1.165) is 31.8 Å². The maximum Gasteiger partial charge on any atom is 0.0766 e. The van der Waals surface area contributed by atoms with Crippen LogP contribution in [-0.4, -0.2) is 22.4 Å². The van der Waals surface area contributed by atoms with Crippen molar-refractivity contribution in [3.05, 3.63) is 15.9 Å². The second kappa shape index (κ2) is 8.33. The molecule has 0 bridgehead atoms. The van der Waals surface area contributed by atoms with Gasteiger partial charge in [0.15, 0.2) is 0 Å². The molecule has 1 fully saturated rings. The molecule has 3 nitrogen and oxygen atoms in total. The van der Waals surface area contributed by atoms with Gasteiger partial charge in [0.25, 0.3) is 0 Å². The van der Waals surface area contributed by atoms with Crippen molar-refractivity contribution in [3.63, 3.8) is 0 Å². The first-order valence-electron chi connectivity index (χ1n) is 8.68. The Balaban J connectivity index is 2.17. The minimum absolute atomic E-state index is 0.596. The SMILES string of the molecule is CCNC(Cc1c(Br)c(CC)nn1CC)C1CCCCC1. The van der Waals surface area contributed by atoms with E-state index in [1.807, 2.05) is 0 Å². The van der Waals surface area contributed by atoms with Gasteiger partial charge >= 0.3 is 0 Å². The number of rotatable bonds is 7. The Morgan fingerprint density at radius 1 is 1.24 bits per heavy atom. The van der Waals surface area contributed by atoms with E-state index in [0.29, 0.717) is 6.04 Å². The average Bonchev–Trinajstić information content (AvgIpc) is 2.83. The Kier molecular flexibility index (Phi) is 6.74. The van der Waals surface area contributed by atoms with Gasteiger partial charge in [0, 0.05) is 19.0 Å². The monoisotopic (exact) mass is 355 g/mol. The van der Waals surface area contributed by atoms with Crippen LogP contribution >= 0.6 is 15.9 Å². The van der Waals surface area contributed by atoms with Crippen molar-refractivity contribution in [2.45, 2.75) is 78.3 Å². The molecule has 4 heteroatoms. The molecular formula is C17H30BrN3. The van der Waals surface area contributed by atoms with Gasteiger partial charge < -0.3 is 5.32 Å². The number of hydrogen-bond donors (Lipinski definition) is 1. The van der Waals surface area contributed by atoms with Crippen LogP contribution in [0.1, 0.15) is 64.3 Å². The number of aromatic nitrogens is 2. The summed E-state index contributed by atoms with van der Waals surface area (Å²) in [6.07, 6.45) is 9.09. The lowest BCUT2D eigenvalue weighted by molar-refractivity contribution is 0.266. The zero-order valence-corrected chi connectivity index (χ0v) is 15.4. The quantitative estimate of drug-likeness (QED) is 0.788. The predicted molar refractivity (Wildman–Crippen MR) is 92.7 cm³/mol. The molecular weight excluding hydrogens is 326 g/mol. The smallest absolute Gasteiger partial charge is 0.0766 e. The van der Waals surface area contributed by atoms with Crippen LogP contribution in [0.4, 0.5) is 0 Å². The molecule has 1 saturated carbocycles. The third-order valence-corrected chi connectivity index (χ3v) is 5.71. The summed E-state index contributed by atoms with van der Waals surface area (Å²) in [5.41, 5.74) is 2.58. The highest BCUT2D eigenvalue weighted by molar-refractivity contribution is 9.10. The van der Waals surface area contributed by atoms with Crippen molar-refractivity contribution >= 4 is 15.9 Å². The summed E-state index contributed by atoms with van der Waals surface area (Å²) in [6, 6.07) is 0.596. The van der Waals surface area contributed by atoms with E-state index < -0.39 is 0 Å². The van der Waals surface area contributed by atoms with Crippen molar-refractivity contribution in [1.82, 2.24) is 15.1 Å². The fourth-order valence-corrected chi connectivity index (χ4v) is 4.35. The first-order chi connectivity index (χ1) is 10.2. The van der Waals surface area contributed by atoms with Gasteiger partial charge in [0.1, 0.15) is 0 Å². The number of hydrogen-bond acceptors (Lipinski definition) is 2. The maximum atomic E-state index is 4.75. The third-order valence-electron chi connectivity index (χ3n) is 4.79. The fourth-order valence-electron chi connectivity index (χ4n) is 3.62. The predicted octanol–water partition coefficient (Wildman–Crippen LogP) is 4.33. The largest absolute Gasteiger partial charge is 0.314 e. The molecule has 2 rings (SSSR count). The Bertz CT molecular complexity index is 435. The Hall–Kier alpha value is -0.350. The van der Waals surface area contributed by atoms with E-state index in [1.165, 1.54) is 48.0 Å². The molecule has 0 aromatic carbocycles. The van der Waals surface area contributed by atoms with Crippen molar-refractivity contribution < 1.29 is 0 Å². The Morgan fingerprint density at radius 3 is 2.52 bits per heavy atom. The zero-order valence-electron chi connectivity index (χ0n) is 13.8. The van der Waals surface area contributed by atoms with E-state index in [-0.39, 0.29) is 0 Å². The molecule has 1 aliphatic carbocycles. The van der Waals surface area contributed by atoms with Crippen molar-refractivity contribution in [2.24, 2.45) is 5.92 Å². The molecule has 0 aliphatic heterocycles. The molecule has 0 radical (unpaired) electrons. The topological polar surface area (TPSA) is 29.9 Å². The van der Waals surface area contributed by atoms with Crippen molar-refractivity contribution in [3.8, 4) is 0 Å². The molecule has 0 amide bonds. The van der Waals surface area contributed by atoms with Crippen LogP contribution in [0.3, 0.4) is 0 Å². The highest BCUT2D eigenvalue weighted by Gasteiger charge is 2.26. The van der Waals surface area contributed by atoms with E-state index >= 15 is 0 Å². The van der Waals surface area contributed by atoms with Gasteiger partial charge in [-0.25, -0.2) is 0 Å². The molecule has 21 heavy (non-hydrogen) atoms. The van der Waals surface area contributed by atoms with Gasteiger partial charge in [-0.3, -0.25) is 4.68 Å². The van der Waals surface area contributed by atoms with E-state index in [1.54, 1.807) is 0 Å². The van der Waals surface area contributed by atoms with Gasteiger partial charge in [-0.15, -0.1) is 0 Å². The number of nitrogens with zero attached hydrogens (tertiary/aromatic N) is 2. The second-order valence-corrected chi connectivity index (χ2v) is 6.94. The van der Waals surface area contributed by atoms with Crippen LogP contribution < -0.4 is 5.32 Å². The van der Waals surface area contributed by atoms with Crippen LogP contribution in [0.2, 0.25) is 0 Å². The average molecular weight is 356 g/mol. The van der Waals surface area contributed by atoms with E-state index in [4.69, 9.17) is 5.10 Å². The number of halogens is 1. The van der Waals surface area contributed by atoms with Crippen LogP contribution in [0, 0.1) is 5.92 Å². The molecule has 0 saturated heterocycles. The fraction of sp³-hybridized carbons (Fsp3) is 0.824. The lowest BCUT2D eigenvalue weighted by atomic mass is 9.82.